The lowest BCUT2D eigenvalue weighted by atomic mass is 10.0. The third-order valence-electron chi connectivity index (χ3n) is 3.96. The van der Waals surface area contributed by atoms with Gasteiger partial charge in [-0.1, -0.05) is 23.2 Å². The summed E-state index contributed by atoms with van der Waals surface area (Å²) in [5.74, 6) is 0.581. The van der Waals surface area contributed by atoms with Gasteiger partial charge in [-0.25, -0.2) is 4.98 Å². The molecule has 7 nitrogen and oxygen atoms in total. The number of anilines is 2. The number of ether oxygens (including phenoxy) is 1. The molecule has 0 aliphatic rings. The van der Waals surface area contributed by atoms with Crippen LogP contribution in [0.4, 0.5) is 11.5 Å². The highest BCUT2D eigenvalue weighted by molar-refractivity contribution is 6.35. The molecule has 2 heterocycles. The van der Waals surface area contributed by atoms with Crippen LogP contribution >= 0.6 is 23.2 Å². The number of nitrogen functional groups attached to an aromatic ring is 2. The second-order valence-electron chi connectivity index (χ2n) is 5.76. The molecule has 0 amide bonds. The predicted octanol–water partition coefficient (Wildman–Crippen LogP) is 3.81. The Hall–Kier alpha value is -3.34. The van der Waals surface area contributed by atoms with Crippen molar-refractivity contribution >= 4 is 40.4 Å². The maximum Gasteiger partial charge on any atom is 0.141 e. The van der Waals surface area contributed by atoms with E-state index in [0.717, 1.165) is 0 Å². The topological polar surface area (TPSA) is 135 Å². The van der Waals surface area contributed by atoms with Crippen molar-refractivity contribution in [2.45, 2.75) is 6.61 Å². The maximum atomic E-state index is 9.11. The minimum atomic E-state index is 0.0897. The van der Waals surface area contributed by atoms with E-state index >= 15 is 0 Å². The molecule has 0 radical (unpaired) electrons. The third kappa shape index (κ3) is 3.98. The molecular weight excluding hydrogens is 399 g/mol. The molecular formula is C19H14Cl2N6O. The van der Waals surface area contributed by atoms with Gasteiger partial charge in [-0.3, -0.25) is 10.4 Å². The summed E-state index contributed by atoms with van der Waals surface area (Å²) in [6, 6.07) is 8.38. The summed E-state index contributed by atoms with van der Waals surface area (Å²) in [5, 5.41) is 18.3. The van der Waals surface area contributed by atoms with Crippen LogP contribution in [0.15, 0.2) is 42.9 Å². The highest BCUT2D eigenvalue weighted by Crippen LogP contribution is 2.27. The molecule has 3 rings (SSSR count). The zero-order chi connectivity index (χ0) is 20.3. The van der Waals surface area contributed by atoms with E-state index in [1.54, 1.807) is 18.2 Å². The lowest BCUT2D eigenvalue weighted by molar-refractivity contribution is 0.306. The number of rotatable bonds is 5. The molecule has 0 fully saturated rings. The summed E-state index contributed by atoms with van der Waals surface area (Å²) >= 11 is 12.2. The highest BCUT2D eigenvalue weighted by atomic mass is 35.5. The van der Waals surface area contributed by atoms with Crippen molar-refractivity contribution in [2.75, 3.05) is 11.5 Å². The number of halogens is 2. The maximum absolute atomic E-state index is 9.11. The Kier molecular flexibility index (Phi) is 5.64. The molecule has 0 saturated carbocycles. The first-order chi connectivity index (χ1) is 13.4. The Morgan fingerprint density at radius 1 is 1.14 bits per heavy atom. The third-order valence-corrected chi connectivity index (χ3v) is 4.61. The molecule has 1 aromatic carbocycles. The largest absolute Gasteiger partial charge is 0.489 e. The van der Waals surface area contributed by atoms with Gasteiger partial charge in [0.2, 0.25) is 0 Å². The number of nitrogens with zero attached hydrogens (tertiary/aromatic N) is 3. The van der Waals surface area contributed by atoms with Gasteiger partial charge >= 0.3 is 0 Å². The van der Waals surface area contributed by atoms with E-state index in [4.69, 9.17) is 50.1 Å². The molecule has 0 atom stereocenters. The van der Waals surface area contributed by atoms with Gasteiger partial charge in [-0.05, 0) is 24.3 Å². The predicted molar refractivity (Wildman–Crippen MR) is 109 cm³/mol. The molecule has 0 saturated heterocycles. The minimum Gasteiger partial charge on any atom is -0.489 e. The van der Waals surface area contributed by atoms with Crippen molar-refractivity contribution in [3.8, 4) is 11.8 Å². The average Bonchev–Trinajstić information content (AvgIpc) is 2.68. The number of nitrogens with one attached hydrogen (secondary N) is 1. The zero-order valence-electron chi connectivity index (χ0n) is 14.4. The van der Waals surface area contributed by atoms with Crippen molar-refractivity contribution < 1.29 is 4.74 Å². The van der Waals surface area contributed by atoms with Crippen LogP contribution in [0.5, 0.6) is 5.75 Å². The van der Waals surface area contributed by atoms with Crippen molar-refractivity contribution in [1.82, 2.24) is 9.97 Å². The molecule has 3 aromatic rings. The van der Waals surface area contributed by atoms with Crippen molar-refractivity contribution in [3.05, 3.63) is 75.2 Å². The number of benzene rings is 1. The Morgan fingerprint density at radius 2 is 1.86 bits per heavy atom. The van der Waals surface area contributed by atoms with Gasteiger partial charge in [0, 0.05) is 41.0 Å². The summed E-state index contributed by atoms with van der Waals surface area (Å²) < 4.78 is 5.76. The van der Waals surface area contributed by atoms with Gasteiger partial charge < -0.3 is 16.2 Å². The first kappa shape index (κ1) is 19.4. The standard InChI is InChI=1S/C19H14Cl2N6O/c20-15-7-26-8-16(21)14(15)9-28-12-1-2-17(23)13(4-12)18(24)11-3-10(5-22)19(25)27-6-11/h1-4,6-8,24H,9,23H2,(H2,25,27). The molecule has 9 heteroatoms. The first-order valence-corrected chi connectivity index (χ1v) is 8.71. The van der Waals surface area contributed by atoms with Crippen LogP contribution in [0.25, 0.3) is 0 Å². The van der Waals surface area contributed by atoms with E-state index in [-0.39, 0.29) is 23.7 Å². The molecule has 5 N–H and O–H groups in total. The van der Waals surface area contributed by atoms with E-state index in [1.807, 2.05) is 6.07 Å². The van der Waals surface area contributed by atoms with Gasteiger partial charge in [0.15, 0.2) is 0 Å². The summed E-state index contributed by atoms with van der Waals surface area (Å²) in [5.41, 5.74) is 13.8. The number of hydrogen-bond acceptors (Lipinski definition) is 7. The number of pyridine rings is 2. The minimum absolute atomic E-state index is 0.0897. The SMILES string of the molecule is N#Cc1cc(C(=N)c2cc(OCc3c(Cl)cncc3Cl)ccc2N)cnc1N. The van der Waals surface area contributed by atoms with Gasteiger partial charge in [0.05, 0.1) is 21.3 Å². The van der Waals surface area contributed by atoms with Crippen LogP contribution in [0.2, 0.25) is 10.0 Å². The molecule has 0 aliphatic carbocycles. The smallest absolute Gasteiger partial charge is 0.141 e. The van der Waals surface area contributed by atoms with Gasteiger partial charge in [0.25, 0.3) is 0 Å². The highest BCUT2D eigenvalue weighted by Gasteiger charge is 2.14. The molecule has 0 unspecified atom stereocenters. The second kappa shape index (κ2) is 8.13. The van der Waals surface area contributed by atoms with E-state index in [2.05, 4.69) is 9.97 Å². The lowest BCUT2D eigenvalue weighted by Gasteiger charge is -2.13. The number of nitrogens with two attached hydrogens (primary N) is 2. The molecule has 2 aromatic heterocycles. The van der Waals surface area contributed by atoms with Gasteiger partial charge in [-0.2, -0.15) is 5.26 Å². The van der Waals surface area contributed by atoms with Crippen molar-refractivity contribution in [2.24, 2.45) is 0 Å². The summed E-state index contributed by atoms with van der Waals surface area (Å²) in [6.07, 6.45) is 4.39. The Labute approximate surface area is 171 Å². The van der Waals surface area contributed by atoms with E-state index in [1.165, 1.54) is 24.7 Å². The Balaban J connectivity index is 1.87. The van der Waals surface area contributed by atoms with Crippen LogP contribution in [0.1, 0.15) is 22.3 Å². The monoisotopic (exact) mass is 412 g/mol. The van der Waals surface area contributed by atoms with E-state index in [0.29, 0.717) is 38.2 Å². The fraction of sp³-hybridized carbons (Fsp3) is 0.0526. The average molecular weight is 413 g/mol. The van der Waals surface area contributed by atoms with Gasteiger partial charge in [-0.15, -0.1) is 0 Å². The Bertz CT molecular complexity index is 1090. The fourth-order valence-electron chi connectivity index (χ4n) is 2.43. The molecule has 140 valence electrons. The van der Waals surface area contributed by atoms with Crippen LogP contribution in [0, 0.1) is 16.7 Å². The van der Waals surface area contributed by atoms with Crippen LogP contribution in [-0.4, -0.2) is 15.7 Å². The van der Waals surface area contributed by atoms with Crippen LogP contribution < -0.4 is 16.2 Å². The quantitative estimate of drug-likeness (QED) is 0.430. The molecule has 0 aliphatic heterocycles. The summed E-state index contributed by atoms with van der Waals surface area (Å²) in [6.45, 7) is 0.124. The lowest BCUT2D eigenvalue weighted by Crippen LogP contribution is -2.08. The normalized spacial score (nSPS) is 10.3. The summed E-state index contributed by atoms with van der Waals surface area (Å²) in [4.78, 5) is 7.85. The van der Waals surface area contributed by atoms with Crippen LogP contribution in [0.3, 0.4) is 0 Å². The Morgan fingerprint density at radius 3 is 2.54 bits per heavy atom. The number of hydrogen-bond donors (Lipinski definition) is 3. The van der Waals surface area contributed by atoms with Crippen molar-refractivity contribution in [3.63, 3.8) is 0 Å². The van der Waals surface area contributed by atoms with Gasteiger partial charge in [0.1, 0.15) is 24.2 Å². The first-order valence-electron chi connectivity index (χ1n) is 7.95. The number of aromatic nitrogens is 2. The van der Waals surface area contributed by atoms with Crippen molar-refractivity contribution in [1.29, 1.82) is 10.7 Å². The molecule has 0 bridgehead atoms. The second-order valence-corrected chi connectivity index (χ2v) is 6.58. The van der Waals surface area contributed by atoms with Crippen LogP contribution in [-0.2, 0) is 6.61 Å². The van der Waals surface area contributed by atoms with E-state index < -0.39 is 0 Å². The summed E-state index contributed by atoms with van der Waals surface area (Å²) in [7, 11) is 0. The zero-order valence-corrected chi connectivity index (χ0v) is 15.9. The van der Waals surface area contributed by atoms with E-state index in [9.17, 15) is 0 Å². The number of nitriles is 1. The molecule has 28 heavy (non-hydrogen) atoms. The fourth-order valence-corrected chi connectivity index (χ4v) is 2.90. The molecule has 0 spiro atoms.